The van der Waals surface area contributed by atoms with Crippen LogP contribution >= 0.6 is 11.3 Å². The molecule has 1 saturated heterocycles. The van der Waals surface area contributed by atoms with Crippen molar-refractivity contribution in [3.8, 4) is 0 Å². The molecule has 0 radical (unpaired) electrons. The minimum atomic E-state index is -0.0816. The van der Waals surface area contributed by atoms with E-state index in [0.717, 1.165) is 43.0 Å². The van der Waals surface area contributed by atoms with Gasteiger partial charge in [0.15, 0.2) is 0 Å². The number of piperidine rings is 1. The van der Waals surface area contributed by atoms with E-state index in [0.29, 0.717) is 11.9 Å². The molecule has 0 saturated carbocycles. The fourth-order valence-electron chi connectivity index (χ4n) is 3.53. The predicted molar refractivity (Wildman–Crippen MR) is 109 cm³/mol. The summed E-state index contributed by atoms with van der Waals surface area (Å²) in [5, 5.41) is 5.59. The monoisotopic (exact) mass is 397 g/mol. The van der Waals surface area contributed by atoms with Crippen LogP contribution in [0.3, 0.4) is 0 Å². The van der Waals surface area contributed by atoms with Crippen molar-refractivity contribution in [3.05, 3.63) is 58.2 Å². The van der Waals surface area contributed by atoms with Crippen LogP contribution in [0.15, 0.2) is 47.0 Å². The van der Waals surface area contributed by atoms with Crippen LogP contribution in [0.5, 0.6) is 0 Å². The molecule has 7 nitrogen and oxygen atoms in total. The molecule has 4 heterocycles. The minimum absolute atomic E-state index is 0.0134. The van der Waals surface area contributed by atoms with Gasteiger partial charge in [0.25, 0.3) is 5.56 Å². The Labute approximate surface area is 167 Å². The van der Waals surface area contributed by atoms with Gasteiger partial charge in [0.2, 0.25) is 5.91 Å². The van der Waals surface area contributed by atoms with Gasteiger partial charge >= 0.3 is 0 Å². The quantitative estimate of drug-likeness (QED) is 0.688. The first-order chi connectivity index (χ1) is 13.7. The maximum atomic E-state index is 12.4. The van der Waals surface area contributed by atoms with Crippen LogP contribution in [0.25, 0.3) is 10.2 Å². The number of aryl methyl sites for hydroxylation is 1. The number of aromatic nitrogens is 3. The van der Waals surface area contributed by atoms with E-state index in [4.69, 9.17) is 0 Å². The summed E-state index contributed by atoms with van der Waals surface area (Å²) < 4.78 is 1.52. The van der Waals surface area contributed by atoms with Gasteiger partial charge in [0, 0.05) is 44.8 Å². The maximum Gasteiger partial charge on any atom is 0.262 e. The molecule has 0 aliphatic carbocycles. The highest BCUT2D eigenvalue weighted by atomic mass is 32.1. The number of carbonyl (C=O) groups excluding carboxylic acids is 1. The van der Waals surface area contributed by atoms with E-state index in [-0.39, 0.29) is 23.9 Å². The lowest BCUT2D eigenvalue weighted by molar-refractivity contribution is -0.122. The van der Waals surface area contributed by atoms with E-state index in [1.165, 1.54) is 22.2 Å². The second-order valence-electron chi connectivity index (χ2n) is 7.07. The third-order valence-electron chi connectivity index (χ3n) is 5.09. The summed E-state index contributed by atoms with van der Waals surface area (Å²) in [6.07, 6.45) is 5.50. The van der Waals surface area contributed by atoms with E-state index >= 15 is 0 Å². The molecule has 1 aliphatic rings. The van der Waals surface area contributed by atoms with Gasteiger partial charge in [-0.25, -0.2) is 4.98 Å². The summed E-state index contributed by atoms with van der Waals surface area (Å²) >= 11 is 1.45. The topological polar surface area (TPSA) is 80.1 Å². The van der Waals surface area contributed by atoms with Crippen molar-refractivity contribution in [2.75, 3.05) is 13.1 Å². The second-order valence-corrected chi connectivity index (χ2v) is 7.97. The Morgan fingerprint density at radius 1 is 1.21 bits per heavy atom. The predicted octanol–water partition coefficient (Wildman–Crippen LogP) is 2.02. The zero-order chi connectivity index (χ0) is 19.3. The minimum Gasteiger partial charge on any atom is -0.353 e. The van der Waals surface area contributed by atoms with Gasteiger partial charge in [0.05, 0.1) is 17.4 Å². The number of hydrogen-bond donors (Lipinski definition) is 1. The van der Waals surface area contributed by atoms with Crippen molar-refractivity contribution >= 4 is 27.5 Å². The number of thiophene rings is 1. The van der Waals surface area contributed by atoms with Crippen molar-refractivity contribution in [3.63, 3.8) is 0 Å². The smallest absolute Gasteiger partial charge is 0.262 e. The summed E-state index contributed by atoms with van der Waals surface area (Å²) in [6.45, 7) is 3.09. The first-order valence-electron chi connectivity index (χ1n) is 9.53. The zero-order valence-corrected chi connectivity index (χ0v) is 16.4. The number of hydrogen-bond acceptors (Lipinski definition) is 6. The molecule has 3 aromatic heterocycles. The van der Waals surface area contributed by atoms with Gasteiger partial charge in [-0.15, -0.1) is 11.3 Å². The van der Waals surface area contributed by atoms with E-state index in [9.17, 15) is 9.59 Å². The molecule has 4 rings (SSSR count). The Bertz CT molecular complexity index is 993. The Morgan fingerprint density at radius 3 is 2.86 bits per heavy atom. The van der Waals surface area contributed by atoms with E-state index in [1.807, 2.05) is 29.8 Å². The zero-order valence-electron chi connectivity index (χ0n) is 15.6. The fourth-order valence-corrected chi connectivity index (χ4v) is 4.25. The van der Waals surface area contributed by atoms with Crippen molar-refractivity contribution in [2.24, 2.45) is 0 Å². The van der Waals surface area contributed by atoms with Crippen molar-refractivity contribution in [2.45, 2.75) is 38.4 Å². The average Bonchev–Trinajstić information content (AvgIpc) is 3.20. The van der Waals surface area contributed by atoms with Gasteiger partial charge < -0.3 is 5.32 Å². The lowest BCUT2D eigenvalue weighted by Crippen LogP contribution is -2.44. The Balaban J connectivity index is 1.23. The molecule has 0 aromatic carbocycles. The molecular weight excluding hydrogens is 374 g/mol. The highest BCUT2D eigenvalue weighted by molar-refractivity contribution is 7.16. The molecule has 1 N–H and O–H groups in total. The number of nitrogens with one attached hydrogen (secondary N) is 1. The number of amides is 1. The molecule has 146 valence electrons. The molecule has 0 spiro atoms. The Kier molecular flexibility index (Phi) is 5.78. The Hall–Kier alpha value is -2.58. The molecule has 8 heteroatoms. The highest BCUT2D eigenvalue weighted by Gasteiger charge is 2.21. The third-order valence-corrected chi connectivity index (χ3v) is 5.92. The number of rotatable bonds is 6. The van der Waals surface area contributed by atoms with Crippen molar-refractivity contribution in [1.82, 2.24) is 24.8 Å². The standard InChI is InChI=1S/C20H23N5O2S/c26-18(6-11-25-14-22-19-17(20(25)27)7-12-28-19)23-15-4-9-24(10-5-15)13-16-3-1-2-8-21-16/h1-3,7-8,12,14-15H,4-6,9-11,13H2,(H,23,26). The summed E-state index contributed by atoms with van der Waals surface area (Å²) in [7, 11) is 0. The van der Waals surface area contributed by atoms with Crippen LogP contribution in [0, 0.1) is 0 Å². The highest BCUT2D eigenvalue weighted by Crippen LogP contribution is 2.14. The van der Waals surface area contributed by atoms with Crippen molar-refractivity contribution in [1.29, 1.82) is 0 Å². The molecular formula is C20H23N5O2S. The molecule has 0 bridgehead atoms. The molecule has 0 atom stereocenters. The lowest BCUT2D eigenvalue weighted by atomic mass is 10.0. The number of carbonyl (C=O) groups is 1. The first-order valence-corrected chi connectivity index (χ1v) is 10.4. The number of nitrogens with zero attached hydrogens (tertiary/aromatic N) is 4. The second kappa shape index (κ2) is 8.62. The maximum absolute atomic E-state index is 12.4. The van der Waals surface area contributed by atoms with Crippen LogP contribution in [0.2, 0.25) is 0 Å². The number of likely N-dealkylation sites (tertiary alicyclic amines) is 1. The number of fused-ring (bicyclic) bond motifs is 1. The summed E-state index contributed by atoms with van der Waals surface area (Å²) in [5.41, 5.74) is 0.994. The van der Waals surface area contributed by atoms with Crippen LogP contribution < -0.4 is 10.9 Å². The van der Waals surface area contributed by atoms with Crippen LogP contribution in [-0.2, 0) is 17.9 Å². The van der Waals surface area contributed by atoms with E-state index in [2.05, 4.69) is 20.2 Å². The summed E-state index contributed by atoms with van der Waals surface area (Å²) in [6, 6.07) is 7.95. The van der Waals surface area contributed by atoms with Gasteiger partial charge in [-0.3, -0.25) is 24.0 Å². The van der Waals surface area contributed by atoms with Gasteiger partial charge in [-0.2, -0.15) is 0 Å². The van der Waals surface area contributed by atoms with Gasteiger partial charge in [-0.05, 0) is 36.4 Å². The first kappa shape index (κ1) is 18.8. The van der Waals surface area contributed by atoms with E-state index in [1.54, 1.807) is 6.07 Å². The Morgan fingerprint density at radius 2 is 2.07 bits per heavy atom. The summed E-state index contributed by atoms with van der Waals surface area (Å²) in [4.78, 5) is 36.4. The van der Waals surface area contributed by atoms with E-state index < -0.39 is 0 Å². The molecule has 1 fully saturated rings. The molecule has 1 aliphatic heterocycles. The van der Waals surface area contributed by atoms with Gasteiger partial charge in [-0.1, -0.05) is 6.07 Å². The molecule has 1 amide bonds. The number of pyridine rings is 1. The van der Waals surface area contributed by atoms with Crippen LogP contribution in [0.4, 0.5) is 0 Å². The molecule has 28 heavy (non-hydrogen) atoms. The van der Waals surface area contributed by atoms with Crippen LogP contribution in [-0.4, -0.2) is 44.5 Å². The summed E-state index contributed by atoms with van der Waals surface area (Å²) in [5.74, 6) is -0.0134. The fraction of sp³-hybridized carbons (Fsp3) is 0.400. The van der Waals surface area contributed by atoms with Gasteiger partial charge in [0.1, 0.15) is 4.83 Å². The van der Waals surface area contributed by atoms with Crippen molar-refractivity contribution < 1.29 is 4.79 Å². The SMILES string of the molecule is O=C(CCn1cnc2sccc2c1=O)NC1CCN(Cc2ccccn2)CC1. The molecule has 0 unspecified atom stereocenters. The normalized spacial score (nSPS) is 15.7. The average molecular weight is 398 g/mol. The largest absolute Gasteiger partial charge is 0.353 e. The lowest BCUT2D eigenvalue weighted by Gasteiger charge is -2.32. The molecule has 3 aromatic rings. The van der Waals surface area contributed by atoms with Crippen LogP contribution in [0.1, 0.15) is 25.0 Å². The third kappa shape index (κ3) is 4.45.